The van der Waals surface area contributed by atoms with E-state index in [1.165, 1.54) is 13.8 Å². The van der Waals surface area contributed by atoms with Gasteiger partial charge in [-0.2, -0.15) is 0 Å². The predicted octanol–water partition coefficient (Wildman–Crippen LogP) is 1.59. The van der Waals surface area contributed by atoms with Crippen LogP contribution in [-0.4, -0.2) is 29.6 Å². The molecule has 6 nitrogen and oxygen atoms in total. The van der Waals surface area contributed by atoms with Gasteiger partial charge in [0.2, 0.25) is 0 Å². The molecule has 0 bridgehead atoms. The minimum absolute atomic E-state index is 0.0215. The topological polar surface area (TPSA) is 95.5 Å². The molecule has 0 saturated carbocycles. The summed E-state index contributed by atoms with van der Waals surface area (Å²) in [4.78, 5) is 33.9. The second kappa shape index (κ2) is 7.47. The third-order valence-corrected chi connectivity index (χ3v) is 3.38. The van der Waals surface area contributed by atoms with Crippen molar-refractivity contribution in [2.75, 3.05) is 6.54 Å². The van der Waals surface area contributed by atoms with E-state index < -0.39 is 17.9 Å². The summed E-state index contributed by atoms with van der Waals surface area (Å²) in [7, 11) is 0. The maximum Gasteiger partial charge on any atom is 0.331 e. The number of allylic oxidation sites excluding steroid dienone is 2. The fourth-order valence-electron chi connectivity index (χ4n) is 1.85. The first-order valence-electron chi connectivity index (χ1n) is 6.56. The van der Waals surface area contributed by atoms with E-state index in [0.29, 0.717) is 12.5 Å². The van der Waals surface area contributed by atoms with Crippen LogP contribution in [0.4, 0.5) is 4.79 Å². The lowest BCUT2D eigenvalue weighted by Gasteiger charge is -2.18. The smallest absolute Gasteiger partial charge is 0.331 e. The Morgan fingerprint density at radius 1 is 1.20 bits per heavy atom. The van der Waals surface area contributed by atoms with Crippen molar-refractivity contribution >= 4 is 17.9 Å². The Hall–Kier alpha value is -2.11. The normalized spacial score (nSPS) is 19.0. The highest BCUT2D eigenvalue weighted by atomic mass is 16.4. The van der Waals surface area contributed by atoms with Crippen LogP contribution in [0.1, 0.15) is 33.1 Å². The molecule has 1 rings (SSSR count). The van der Waals surface area contributed by atoms with Crippen LogP contribution in [0.3, 0.4) is 0 Å². The third-order valence-electron chi connectivity index (χ3n) is 3.38. The van der Waals surface area contributed by atoms with Gasteiger partial charge < -0.3 is 10.4 Å². The number of urea groups is 1. The van der Waals surface area contributed by atoms with Crippen LogP contribution >= 0.6 is 0 Å². The lowest BCUT2D eigenvalue weighted by Crippen LogP contribution is -2.42. The highest BCUT2D eigenvalue weighted by molar-refractivity contribution is 6.07. The van der Waals surface area contributed by atoms with Crippen LogP contribution < -0.4 is 10.6 Å². The summed E-state index contributed by atoms with van der Waals surface area (Å²) in [5.74, 6) is -1.48. The van der Waals surface area contributed by atoms with Crippen molar-refractivity contribution in [2.24, 2.45) is 5.92 Å². The van der Waals surface area contributed by atoms with Crippen molar-refractivity contribution in [1.29, 1.82) is 0 Å². The first-order chi connectivity index (χ1) is 9.41. The molecule has 110 valence electrons. The number of hydrogen-bond acceptors (Lipinski definition) is 3. The summed E-state index contributed by atoms with van der Waals surface area (Å²) in [5.41, 5.74) is -0.0547. The molecule has 0 heterocycles. The van der Waals surface area contributed by atoms with E-state index in [1.807, 2.05) is 0 Å². The molecule has 3 N–H and O–H groups in total. The Bertz CT molecular complexity index is 466. The van der Waals surface area contributed by atoms with Crippen LogP contribution in [0.25, 0.3) is 0 Å². The Kier molecular flexibility index (Phi) is 5.96. The Labute approximate surface area is 117 Å². The number of imide groups is 1. The van der Waals surface area contributed by atoms with E-state index in [1.54, 1.807) is 0 Å². The summed E-state index contributed by atoms with van der Waals surface area (Å²) in [5, 5.41) is 13.5. The monoisotopic (exact) mass is 280 g/mol. The number of nitrogens with one attached hydrogen (secondary N) is 2. The van der Waals surface area contributed by atoms with Gasteiger partial charge in [0.1, 0.15) is 0 Å². The average molecular weight is 280 g/mol. The van der Waals surface area contributed by atoms with Crippen LogP contribution in [0.15, 0.2) is 23.3 Å². The molecule has 0 spiro atoms. The summed E-state index contributed by atoms with van der Waals surface area (Å²) in [6.07, 6.45) is 7.14. The predicted molar refractivity (Wildman–Crippen MR) is 74.0 cm³/mol. The van der Waals surface area contributed by atoms with Gasteiger partial charge in [0.15, 0.2) is 0 Å². The highest BCUT2D eigenvalue weighted by Gasteiger charge is 2.16. The van der Waals surface area contributed by atoms with Gasteiger partial charge in [0.05, 0.1) is 0 Å². The molecule has 1 unspecified atom stereocenters. The molecule has 0 aromatic rings. The average Bonchev–Trinajstić information content (AvgIpc) is 2.44. The number of amides is 3. The summed E-state index contributed by atoms with van der Waals surface area (Å²) in [6.45, 7) is 3.20. The van der Waals surface area contributed by atoms with Crippen molar-refractivity contribution in [3.05, 3.63) is 23.3 Å². The fourth-order valence-corrected chi connectivity index (χ4v) is 1.85. The molecule has 0 saturated heterocycles. The number of carboxylic acids is 1. The zero-order valence-corrected chi connectivity index (χ0v) is 11.7. The highest BCUT2D eigenvalue weighted by Crippen LogP contribution is 2.16. The van der Waals surface area contributed by atoms with Crippen LogP contribution in [0, 0.1) is 5.92 Å². The van der Waals surface area contributed by atoms with Gasteiger partial charge in [0, 0.05) is 17.7 Å². The molecule has 0 aliphatic heterocycles. The molecule has 0 radical (unpaired) electrons. The molecule has 6 heteroatoms. The number of hydrogen-bond donors (Lipinski definition) is 3. The summed E-state index contributed by atoms with van der Waals surface area (Å²) >= 11 is 0. The van der Waals surface area contributed by atoms with E-state index in [9.17, 15) is 14.4 Å². The van der Waals surface area contributed by atoms with Crippen molar-refractivity contribution in [2.45, 2.75) is 33.1 Å². The van der Waals surface area contributed by atoms with Gasteiger partial charge in [-0.05, 0) is 39.0 Å². The number of rotatable bonds is 4. The Balaban J connectivity index is 2.42. The van der Waals surface area contributed by atoms with Crippen molar-refractivity contribution in [1.82, 2.24) is 10.6 Å². The van der Waals surface area contributed by atoms with E-state index in [2.05, 4.69) is 22.8 Å². The minimum atomic E-state index is -1.17. The molecule has 0 aromatic carbocycles. The van der Waals surface area contributed by atoms with E-state index in [-0.39, 0.29) is 11.1 Å². The molecular formula is C14H20N2O4. The van der Waals surface area contributed by atoms with Crippen molar-refractivity contribution < 1.29 is 19.5 Å². The lowest BCUT2D eigenvalue weighted by molar-refractivity contribution is -0.133. The summed E-state index contributed by atoms with van der Waals surface area (Å²) in [6, 6.07) is -0.595. The Morgan fingerprint density at radius 2 is 1.90 bits per heavy atom. The molecule has 0 aromatic heterocycles. The van der Waals surface area contributed by atoms with E-state index >= 15 is 0 Å². The van der Waals surface area contributed by atoms with E-state index in [0.717, 1.165) is 19.3 Å². The second-order valence-corrected chi connectivity index (χ2v) is 4.87. The SMILES string of the molecule is CC(C(=O)O)=C(C)C(=O)NC(=O)NCC1CC=CCC1. The van der Waals surface area contributed by atoms with Crippen LogP contribution in [0.5, 0.6) is 0 Å². The molecule has 3 amide bonds. The third kappa shape index (κ3) is 4.87. The standard InChI is InChI=1S/C14H20N2O4/c1-9(10(2)13(18)19)12(17)16-14(20)15-8-11-6-4-3-5-7-11/h3-4,11H,5-8H2,1-2H3,(H,18,19)(H2,15,16,17,20). The number of aliphatic carboxylic acids is 1. The number of carbonyl (C=O) groups is 3. The van der Waals surface area contributed by atoms with Gasteiger partial charge in [0.25, 0.3) is 5.91 Å². The van der Waals surface area contributed by atoms with Crippen LogP contribution in [-0.2, 0) is 9.59 Å². The Morgan fingerprint density at radius 3 is 2.45 bits per heavy atom. The number of carbonyl (C=O) groups excluding carboxylic acids is 2. The molecule has 0 fully saturated rings. The van der Waals surface area contributed by atoms with Crippen molar-refractivity contribution in [3.8, 4) is 0 Å². The molecule has 1 aliphatic rings. The zero-order chi connectivity index (χ0) is 15.1. The maximum atomic E-state index is 11.6. The molecule has 1 atom stereocenters. The summed E-state index contributed by atoms with van der Waals surface area (Å²) < 4.78 is 0. The van der Waals surface area contributed by atoms with Crippen LogP contribution in [0.2, 0.25) is 0 Å². The quantitative estimate of drug-likeness (QED) is 0.538. The number of carboxylic acid groups (broad SMARTS) is 1. The zero-order valence-electron chi connectivity index (χ0n) is 11.7. The second-order valence-electron chi connectivity index (χ2n) is 4.87. The van der Waals surface area contributed by atoms with Gasteiger partial charge in [-0.1, -0.05) is 12.2 Å². The minimum Gasteiger partial charge on any atom is -0.478 e. The fraction of sp³-hybridized carbons (Fsp3) is 0.500. The van der Waals surface area contributed by atoms with Gasteiger partial charge >= 0.3 is 12.0 Å². The lowest BCUT2D eigenvalue weighted by atomic mass is 9.94. The largest absolute Gasteiger partial charge is 0.478 e. The first kappa shape index (κ1) is 15.9. The first-order valence-corrected chi connectivity index (χ1v) is 6.56. The molecule has 1 aliphatic carbocycles. The van der Waals surface area contributed by atoms with Gasteiger partial charge in [-0.25, -0.2) is 9.59 Å². The van der Waals surface area contributed by atoms with Crippen molar-refractivity contribution in [3.63, 3.8) is 0 Å². The molecular weight excluding hydrogens is 260 g/mol. The maximum absolute atomic E-state index is 11.6. The van der Waals surface area contributed by atoms with Gasteiger partial charge in [-0.15, -0.1) is 0 Å². The molecule has 20 heavy (non-hydrogen) atoms. The van der Waals surface area contributed by atoms with Gasteiger partial charge in [-0.3, -0.25) is 10.1 Å². The van der Waals surface area contributed by atoms with E-state index in [4.69, 9.17) is 5.11 Å².